The van der Waals surface area contributed by atoms with Crippen molar-refractivity contribution in [2.45, 2.75) is 51.9 Å². The Kier molecular flexibility index (Phi) is 7.44. The van der Waals surface area contributed by atoms with E-state index in [2.05, 4.69) is 22.3 Å². The third kappa shape index (κ3) is 5.47. The molecule has 0 saturated carbocycles. The van der Waals surface area contributed by atoms with Gasteiger partial charge in [0.05, 0.1) is 17.4 Å². The van der Waals surface area contributed by atoms with E-state index in [-0.39, 0.29) is 17.5 Å². The van der Waals surface area contributed by atoms with Crippen molar-refractivity contribution in [2.24, 2.45) is 0 Å². The Balaban J connectivity index is 1.52. The third-order valence-corrected chi connectivity index (χ3v) is 4.84. The summed E-state index contributed by atoms with van der Waals surface area (Å²) in [5.41, 5.74) is 7.85. The minimum atomic E-state index is -0.236. The minimum absolute atomic E-state index is 0.236. The lowest BCUT2D eigenvalue weighted by Gasteiger charge is -2.03. The van der Waals surface area contributed by atoms with E-state index >= 15 is 0 Å². The van der Waals surface area contributed by atoms with Crippen LogP contribution < -0.4 is 11.1 Å². The molecule has 29 heavy (non-hydrogen) atoms. The zero-order chi connectivity index (χ0) is 20.5. The quantitative estimate of drug-likeness (QED) is 0.463. The summed E-state index contributed by atoms with van der Waals surface area (Å²) in [6, 6.07) is 9.57. The van der Waals surface area contributed by atoms with Gasteiger partial charge in [-0.3, -0.25) is 4.79 Å². The number of benzene rings is 1. The molecule has 0 spiro atoms. The number of nitrogens with two attached hydrogens (primary N) is 1. The molecule has 0 unspecified atom stereocenters. The standard InChI is InChI=1S/C22H29N5O2/c1-2-3-4-5-6-7-11-14-24-21(28)19-16-29-22(26-19)18-15-25-27(20(18)23)17-12-9-8-10-13-17/h8-10,12-13,15-16H,2-7,11,14,23H2,1H3,(H,24,28). The van der Waals surface area contributed by atoms with Gasteiger partial charge in [0.1, 0.15) is 12.1 Å². The number of nitrogen functional groups attached to an aromatic ring is 1. The normalized spacial score (nSPS) is 10.9. The van der Waals surface area contributed by atoms with E-state index in [1.807, 2.05) is 30.3 Å². The topological polar surface area (TPSA) is 99.0 Å². The number of carbonyl (C=O) groups is 1. The van der Waals surface area contributed by atoms with Gasteiger partial charge < -0.3 is 15.5 Å². The number of nitrogens with zero attached hydrogens (tertiary/aromatic N) is 3. The number of carbonyl (C=O) groups excluding carboxylic acids is 1. The van der Waals surface area contributed by atoms with Crippen molar-refractivity contribution in [3.8, 4) is 17.1 Å². The molecular formula is C22H29N5O2. The van der Waals surface area contributed by atoms with E-state index in [0.29, 0.717) is 17.9 Å². The molecule has 3 rings (SSSR count). The van der Waals surface area contributed by atoms with Crippen molar-refractivity contribution < 1.29 is 9.21 Å². The van der Waals surface area contributed by atoms with Crippen LogP contribution in [0.2, 0.25) is 0 Å². The fourth-order valence-electron chi connectivity index (χ4n) is 3.17. The molecule has 1 aromatic carbocycles. The molecule has 0 atom stereocenters. The second kappa shape index (κ2) is 10.5. The highest BCUT2D eigenvalue weighted by Gasteiger charge is 2.18. The van der Waals surface area contributed by atoms with Crippen LogP contribution in [0, 0.1) is 0 Å². The minimum Gasteiger partial charge on any atom is -0.443 e. The smallest absolute Gasteiger partial charge is 0.273 e. The predicted octanol–water partition coefficient (Wildman–Crippen LogP) is 4.59. The zero-order valence-corrected chi connectivity index (χ0v) is 16.9. The number of hydrogen-bond donors (Lipinski definition) is 2. The van der Waals surface area contributed by atoms with E-state index in [1.165, 1.54) is 38.4 Å². The maximum absolute atomic E-state index is 12.3. The summed E-state index contributed by atoms with van der Waals surface area (Å²) in [7, 11) is 0. The first-order valence-corrected chi connectivity index (χ1v) is 10.3. The molecule has 7 heteroatoms. The summed E-state index contributed by atoms with van der Waals surface area (Å²) < 4.78 is 7.09. The van der Waals surface area contributed by atoms with Crippen molar-refractivity contribution in [3.63, 3.8) is 0 Å². The van der Waals surface area contributed by atoms with Crippen molar-refractivity contribution in [1.29, 1.82) is 0 Å². The van der Waals surface area contributed by atoms with Crippen LogP contribution >= 0.6 is 0 Å². The summed E-state index contributed by atoms with van der Waals surface area (Å²) in [5.74, 6) is 0.457. The van der Waals surface area contributed by atoms with Gasteiger partial charge in [-0.25, -0.2) is 9.67 Å². The van der Waals surface area contributed by atoms with E-state index in [1.54, 1.807) is 10.9 Å². The molecule has 1 amide bonds. The van der Waals surface area contributed by atoms with Crippen LogP contribution in [0.3, 0.4) is 0 Å². The first kappa shape index (κ1) is 20.6. The molecule has 2 heterocycles. The van der Waals surface area contributed by atoms with Gasteiger partial charge in [0.15, 0.2) is 5.69 Å². The van der Waals surface area contributed by atoms with Crippen LogP contribution in [-0.2, 0) is 0 Å². The van der Waals surface area contributed by atoms with Gasteiger partial charge in [-0.05, 0) is 18.6 Å². The molecule has 0 fully saturated rings. The van der Waals surface area contributed by atoms with Crippen LogP contribution in [0.5, 0.6) is 0 Å². The number of para-hydroxylation sites is 1. The summed E-state index contributed by atoms with van der Waals surface area (Å²) in [4.78, 5) is 16.6. The van der Waals surface area contributed by atoms with Crippen LogP contribution in [0.25, 0.3) is 17.1 Å². The number of aromatic nitrogens is 3. The predicted molar refractivity (Wildman–Crippen MR) is 114 cm³/mol. The first-order valence-electron chi connectivity index (χ1n) is 10.3. The summed E-state index contributed by atoms with van der Waals surface area (Å²) in [5, 5.41) is 7.20. The molecule has 3 aromatic rings. The second-order valence-electron chi connectivity index (χ2n) is 7.11. The van der Waals surface area contributed by atoms with Crippen LogP contribution in [-0.4, -0.2) is 27.2 Å². The van der Waals surface area contributed by atoms with Crippen LogP contribution in [0.4, 0.5) is 5.82 Å². The number of rotatable bonds is 11. The Morgan fingerprint density at radius 1 is 1.10 bits per heavy atom. The highest BCUT2D eigenvalue weighted by molar-refractivity contribution is 5.92. The fraction of sp³-hybridized carbons (Fsp3) is 0.409. The molecule has 0 aliphatic rings. The lowest BCUT2D eigenvalue weighted by Crippen LogP contribution is -2.24. The van der Waals surface area contributed by atoms with Crippen molar-refractivity contribution in [2.75, 3.05) is 12.3 Å². The van der Waals surface area contributed by atoms with Gasteiger partial charge in [-0.1, -0.05) is 63.6 Å². The molecule has 7 nitrogen and oxygen atoms in total. The molecule has 0 saturated heterocycles. The number of hydrogen-bond acceptors (Lipinski definition) is 5. The molecule has 0 aliphatic heterocycles. The van der Waals surface area contributed by atoms with Crippen molar-refractivity contribution in [1.82, 2.24) is 20.1 Å². The Morgan fingerprint density at radius 2 is 1.83 bits per heavy atom. The Labute approximate surface area is 171 Å². The van der Waals surface area contributed by atoms with Gasteiger partial charge in [-0.15, -0.1) is 0 Å². The summed E-state index contributed by atoms with van der Waals surface area (Å²) in [6.07, 6.45) is 11.4. The highest BCUT2D eigenvalue weighted by Crippen LogP contribution is 2.27. The number of anilines is 1. The van der Waals surface area contributed by atoms with E-state index in [4.69, 9.17) is 10.2 Å². The summed E-state index contributed by atoms with van der Waals surface area (Å²) in [6.45, 7) is 2.86. The van der Waals surface area contributed by atoms with Gasteiger partial charge in [0.2, 0.25) is 5.89 Å². The SMILES string of the molecule is CCCCCCCCCNC(=O)c1coc(-c2cnn(-c3ccccc3)c2N)n1. The van der Waals surface area contributed by atoms with Crippen molar-refractivity contribution in [3.05, 3.63) is 48.5 Å². The van der Waals surface area contributed by atoms with Gasteiger partial charge in [0.25, 0.3) is 5.91 Å². The molecule has 2 aromatic heterocycles. The second-order valence-corrected chi connectivity index (χ2v) is 7.11. The van der Waals surface area contributed by atoms with Gasteiger partial charge in [0, 0.05) is 6.54 Å². The molecular weight excluding hydrogens is 366 g/mol. The molecule has 0 aliphatic carbocycles. The summed E-state index contributed by atoms with van der Waals surface area (Å²) >= 11 is 0. The molecule has 3 N–H and O–H groups in total. The Bertz CT molecular complexity index is 901. The van der Waals surface area contributed by atoms with Crippen molar-refractivity contribution >= 4 is 11.7 Å². The number of amides is 1. The zero-order valence-electron chi connectivity index (χ0n) is 16.9. The maximum atomic E-state index is 12.3. The third-order valence-electron chi connectivity index (χ3n) is 4.84. The van der Waals surface area contributed by atoms with E-state index < -0.39 is 0 Å². The van der Waals surface area contributed by atoms with E-state index in [0.717, 1.165) is 18.5 Å². The van der Waals surface area contributed by atoms with Crippen LogP contribution in [0.15, 0.2) is 47.2 Å². The Hall–Kier alpha value is -3.09. The monoisotopic (exact) mass is 395 g/mol. The van der Waals surface area contributed by atoms with Gasteiger partial charge >= 0.3 is 0 Å². The maximum Gasteiger partial charge on any atom is 0.273 e. The fourth-order valence-corrected chi connectivity index (χ4v) is 3.17. The van der Waals surface area contributed by atoms with Crippen LogP contribution in [0.1, 0.15) is 62.4 Å². The van der Waals surface area contributed by atoms with E-state index in [9.17, 15) is 4.79 Å². The highest BCUT2D eigenvalue weighted by atomic mass is 16.3. The number of oxazole rings is 1. The lowest BCUT2D eigenvalue weighted by molar-refractivity contribution is 0.0948. The van der Waals surface area contributed by atoms with Gasteiger partial charge in [-0.2, -0.15) is 5.10 Å². The lowest BCUT2D eigenvalue weighted by atomic mass is 10.1. The largest absolute Gasteiger partial charge is 0.443 e. The average Bonchev–Trinajstić information content (AvgIpc) is 3.37. The number of unbranched alkanes of at least 4 members (excludes halogenated alkanes) is 6. The molecule has 0 radical (unpaired) electrons. The molecule has 154 valence electrons. The first-order chi connectivity index (χ1) is 14.2. The molecule has 0 bridgehead atoms. The number of nitrogens with one attached hydrogen (secondary N) is 1. The average molecular weight is 396 g/mol. The Morgan fingerprint density at radius 3 is 2.59 bits per heavy atom.